The fourth-order valence-electron chi connectivity index (χ4n) is 3.52. The zero-order chi connectivity index (χ0) is 20.5. The Morgan fingerprint density at radius 3 is 2.86 bits per heavy atom. The van der Waals surface area contributed by atoms with E-state index in [2.05, 4.69) is 51.4 Å². The fraction of sp³-hybridized carbons (Fsp3) is 0.500. The van der Waals surface area contributed by atoms with Crippen LogP contribution in [0.15, 0.2) is 41.7 Å². The number of nitrogens with one attached hydrogen (secondary N) is 2. The van der Waals surface area contributed by atoms with Crippen LogP contribution < -0.4 is 10.6 Å². The molecule has 1 aromatic carbocycles. The lowest BCUT2D eigenvalue weighted by Crippen LogP contribution is -2.39. The van der Waals surface area contributed by atoms with Gasteiger partial charge in [0.1, 0.15) is 5.82 Å². The van der Waals surface area contributed by atoms with Crippen LogP contribution >= 0.6 is 0 Å². The minimum Gasteiger partial charge on any atom is -0.357 e. The second-order valence-electron chi connectivity index (χ2n) is 7.38. The van der Waals surface area contributed by atoms with E-state index in [1.165, 1.54) is 11.1 Å². The van der Waals surface area contributed by atoms with Crippen LogP contribution in [0, 0.1) is 6.92 Å². The van der Waals surface area contributed by atoms with Gasteiger partial charge >= 0.3 is 0 Å². The molecular weight excluding hydrogens is 364 g/mol. The summed E-state index contributed by atoms with van der Waals surface area (Å²) in [6.45, 7) is 8.86. The molecule has 2 N–H and O–H groups in total. The third-order valence-corrected chi connectivity index (χ3v) is 5.10. The average molecular weight is 397 g/mol. The van der Waals surface area contributed by atoms with Crippen LogP contribution in [0.4, 0.5) is 0 Å². The lowest BCUT2D eigenvalue weighted by atomic mass is 10.1. The summed E-state index contributed by atoms with van der Waals surface area (Å²) in [5, 5.41) is 6.67. The fourth-order valence-corrected chi connectivity index (χ4v) is 3.52. The van der Waals surface area contributed by atoms with Crippen molar-refractivity contribution in [3.63, 3.8) is 0 Å². The third-order valence-electron chi connectivity index (χ3n) is 5.10. The number of rotatable bonds is 9. The van der Waals surface area contributed by atoms with Crippen molar-refractivity contribution in [2.45, 2.75) is 46.2 Å². The van der Waals surface area contributed by atoms with Crippen molar-refractivity contribution in [3.8, 4) is 0 Å². The molecular formula is C22H32N6O. The summed E-state index contributed by atoms with van der Waals surface area (Å²) in [4.78, 5) is 22.6. The molecule has 1 amide bonds. The first-order chi connectivity index (χ1) is 14.2. The smallest absolute Gasteiger partial charge is 0.222 e. The Labute approximate surface area is 173 Å². The molecule has 1 saturated heterocycles. The molecule has 0 spiro atoms. The van der Waals surface area contributed by atoms with Crippen molar-refractivity contribution in [1.29, 1.82) is 0 Å². The molecule has 0 atom stereocenters. The molecule has 0 saturated carbocycles. The van der Waals surface area contributed by atoms with E-state index in [-0.39, 0.29) is 5.91 Å². The molecule has 2 heterocycles. The minimum absolute atomic E-state index is 0.288. The van der Waals surface area contributed by atoms with Crippen molar-refractivity contribution in [2.75, 3.05) is 26.2 Å². The van der Waals surface area contributed by atoms with Gasteiger partial charge in [-0.15, -0.1) is 0 Å². The number of carbonyl (C=O) groups is 1. The lowest BCUT2D eigenvalue weighted by molar-refractivity contribution is -0.127. The first-order valence-corrected chi connectivity index (χ1v) is 10.5. The van der Waals surface area contributed by atoms with Crippen LogP contribution in [0.25, 0.3) is 0 Å². The topological polar surface area (TPSA) is 74.6 Å². The molecule has 29 heavy (non-hydrogen) atoms. The van der Waals surface area contributed by atoms with Crippen molar-refractivity contribution in [2.24, 2.45) is 4.99 Å². The zero-order valence-corrected chi connectivity index (χ0v) is 17.5. The molecule has 0 unspecified atom stereocenters. The van der Waals surface area contributed by atoms with E-state index < -0.39 is 0 Å². The number of benzene rings is 1. The third kappa shape index (κ3) is 6.34. The molecule has 156 valence electrons. The zero-order valence-electron chi connectivity index (χ0n) is 17.5. The molecule has 2 aromatic rings. The van der Waals surface area contributed by atoms with Crippen LogP contribution in [0.2, 0.25) is 0 Å². The Morgan fingerprint density at radius 1 is 1.28 bits per heavy atom. The molecule has 1 aliphatic rings. The summed E-state index contributed by atoms with van der Waals surface area (Å²) in [5.41, 5.74) is 2.42. The normalized spacial score (nSPS) is 14.5. The van der Waals surface area contributed by atoms with Gasteiger partial charge in [0.25, 0.3) is 0 Å². The predicted octanol–water partition coefficient (Wildman–Crippen LogP) is 2.31. The van der Waals surface area contributed by atoms with Crippen LogP contribution in [0.3, 0.4) is 0 Å². The lowest BCUT2D eigenvalue weighted by Gasteiger charge is -2.16. The number of nitrogens with zero attached hydrogens (tertiary/aromatic N) is 4. The van der Waals surface area contributed by atoms with Crippen molar-refractivity contribution >= 4 is 11.9 Å². The minimum atomic E-state index is 0.288. The van der Waals surface area contributed by atoms with Gasteiger partial charge in [-0.2, -0.15) is 0 Å². The quantitative estimate of drug-likeness (QED) is 0.388. The average Bonchev–Trinajstić information content (AvgIpc) is 3.31. The molecule has 7 nitrogen and oxygen atoms in total. The molecule has 0 bridgehead atoms. The van der Waals surface area contributed by atoms with E-state index >= 15 is 0 Å². The van der Waals surface area contributed by atoms with E-state index in [1.807, 2.05) is 24.2 Å². The number of hydrogen-bond donors (Lipinski definition) is 2. The van der Waals surface area contributed by atoms with Gasteiger partial charge in [0, 0.05) is 51.5 Å². The molecule has 0 aliphatic carbocycles. The molecule has 1 fully saturated rings. The number of hydrogen-bond acceptors (Lipinski definition) is 3. The summed E-state index contributed by atoms with van der Waals surface area (Å²) in [5.74, 6) is 2.12. The standard InChI is InChI=1S/C22H32N6O/c1-3-23-22(25-10-6-13-27-12-5-9-21(27)29)26-16-19-7-4-8-20(15-19)17-28-14-11-24-18(28)2/h4,7-8,11,14-15H,3,5-6,9-10,12-13,16-17H2,1-2H3,(H2,23,25,26). The number of guanidine groups is 1. The van der Waals surface area contributed by atoms with E-state index in [0.29, 0.717) is 13.0 Å². The number of amides is 1. The van der Waals surface area contributed by atoms with Gasteiger partial charge in [-0.3, -0.25) is 4.79 Å². The maximum absolute atomic E-state index is 11.7. The van der Waals surface area contributed by atoms with Gasteiger partial charge < -0.3 is 20.1 Å². The van der Waals surface area contributed by atoms with Crippen LogP contribution in [0.5, 0.6) is 0 Å². The molecule has 7 heteroatoms. The summed E-state index contributed by atoms with van der Waals surface area (Å²) >= 11 is 0. The van der Waals surface area contributed by atoms with Gasteiger partial charge in [0.2, 0.25) is 5.91 Å². The van der Waals surface area contributed by atoms with Gasteiger partial charge in [-0.1, -0.05) is 24.3 Å². The van der Waals surface area contributed by atoms with E-state index in [4.69, 9.17) is 4.99 Å². The van der Waals surface area contributed by atoms with Crippen molar-refractivity contribution in [3.05, 3.63) is 53.6 Å². The summed E-state index contributed by atoms with van der Waals surface area (Å²) in [6.07, 6.45) is 6.46. The molecule has 3 rings (SSSR count). The highest BCUT2D eigenvalue weighted by Gasteiger charge is 2.18. The Balaban J connectivity index is 1.50. The Morgan fingerprint density at radius 2 is 2.14 bits per heavy atom. The highest BCUT2D eigenvalue weighted by atomic mass is 16.2. The Bertz CT molecular complexity index is 828. The van der Waals surface area contributed by atoms with Crippen molar-refractivity contribution < 1.29 is 4.79 Å². The van der Waals surface area contributed by atoms with Gasteiger partial charge in [0.05, 0.1) is 6.54 Å². The number of imidazole rings is 1. The largest absolute Gasteiger partial charge is 0.357 e. The Hall–Kier alpha value is -2.83. The maximum atomic E-state index is 11.7. The summed E-state index contributed by atoms with van der Waals surface area (Å²) in [6, 6.07) is 8.53. The first kappa shape index (κ1) is 20.9. The molecule has 0 radical (unpaired) electrons. The second kappa shape index (κ2) is 10.6. The van der Waals surface area contributed by atoms with Crippen LogP contribution in [0.1, 0.15) is 43.1 Å². The Kier molecular flexibility index (Phi) is 7.67. The van der Waals surface area contributed by atoms with Gasteiger partial charge in [0.15, 0.2) is 5.96 Å². The monoisotopic (exact) mass is 396 g/mol. The molecule has 1 aliphatic heterocycles. The van der Waals surface area contributed by atoms with Crippen LogP contribution in [-0.2, 0) is 17.9 Å². The number of aliphatic imine (C=N–C) groups is 1. The maximum Gasteiger partial charge on any atom is 0.222 e. The summed E-state index contributed by atoms with van der Waals surface area (Å²) in [7, 11) is 0. The van der Waals surface area contributed by atoms with Crippen LogP contribution in [-0.4, -0.2) is 52.5 Å². The molecule has 1 aromatic heterocycles. The van der Waals surface area contributed by atoms with E-state index in [9.17, 15) is 4.79 Å². The number of aryl methyl sites for hydroxylation is 1. The predicted molar refractivity (Wildman–Crippen MR) is 116 cm³/mol. The van der Waals surface area contributed by atoms with E-state index in [1.54, 1.807) is 0 Å². The van der Waals surface area contributed by atoms with E-state index in [0.717, 1.165) is 57.3 Å². The van der Waals surface area contributed by atoms with Crippen molar-refractivity contribution in [1.82, 2.24) is 25.1 Å². The van der Waals surface area contributed by atoms with Gasteiger partial charge in [-0.25, -0.2) is 9.98 Å². The number of aromatic nitrogens is 2. The SMILES string of the molecule is CCNC(=NCc1cccc(Cn2ccnc2C)c1)NCCCN1CCCC1=O. The summed E-state index contributed by atoms with van der Waals surface area (Å²) < 4.78 is 2.14. The first-order valence-electron chi connectivity index (χ1n) is 10.5. The number of likely N-dealkylation sites (tertiary alicyclic amines) is 1. The highest BCUT2D eigenvalue weighted by Crippen LogP contribution is 2.10. The number of carbonyl (C=O) groups excluding carboxylic acids is 1. The second-order valence-corrected chi connectivity index (χ2v) is 7.38. The highest BCUT2D eigenvalue weighted by molar-refractivity contribution is 5.79. The van der Waals surface area contributed by atoms with Gasteiger partial charge in [-0.05, 0) is 37.8 Å².